The summed E-state index contributed by atoms with van der Waals surface area (Å²) in [7, 11) is 0. The Hall–Kier alpha value is -1.57. The van der Waals surface area contributed by atoms with Gasteiger partial charge in [-0.2, -0.15) is 5.26 Å². The molecule has 0 aromatic carbocycles. The summed E-state index contributed by atoms with van der Waals surface area (Å²) in [5, 5.41) is 9.12. The molecule has 0 aromatic heterocycles. The number of carbonyl (C=O) groups excluding carboxylic acids is 2. The van der Waals surface area contributed by atoms with Gasteiger partial charge in [0.05, 0.1) is 19.3 Å². The van der Waals surface area contributed by atoms with E-state index in [2.05, 4.69) is 0 Å². The normalized spacial score (nSPS) is 13.3. The number of nitrogens with zero attached hydrogens (tertiary/aromatic N) is 1. The van der Waals surface area contributed by atoms with Gasteiger partial charge in [0.1, 0.15) is 0 Å². The molecule has 0 rings (SSSR count). The minimum atomic E-state index is -1.81. The van der Waals surface area contributed by atoms with Gasteiger partial charge in [0.2, 0.25) is 5.41 Å². The molecule has 1 unspecified atom stereocenters. The maximum absolute atomic E-state index is 11.8. The van der Waals surface area contributed by atoms with Crippen LogP contribution < -0.4 is 0 Å². The molecule has 0 aromatic rings. The Labute approximate surface area is 102 Å². The number of nitriles is 1. The number of rotatable bonds is 7. The quantitative estimate of drug-likeness (QED) is 0.502. The van der Waals surface area contributed by atoms with E-state index in [1.165, 1.54) is 0 Å². The zero-order chi connectivity index (χ0) is 13.3. The predicted octanol–water partition coefficient (Wildman–Crippen LogP) is 1.81. The molecule has 0 amide bonds. The Kier molecular flexibility index (Phi) is 6.95. The van der Waals surface area contributed by atoms with Gasteiger partial charge in [-0.05, 0) is 19.8 Å². The summed E-state index contributed by atoms with van der Waals surface area (Å²) in [6, 6.07) is 1.76. The molecule has 5 heteroatoms. The molecule has 0 radical (unpaired) electrons. The molecule has 5 nitrogen and oxygen atoms in total. The third-order valence-corrected chi connectivity index (χ3v) is 2.23. The average molecular weight is 241 g/mol. The smallest absolute Gasteiger partial charge is 0.338 e. The van der Waals surface area contributed by atoms with Crippen molar-refractivity contribution in [1.82, 2.24) is 0 Å². The summed E-state index contributed by atoms with van der Waals surface area (Å²) < 4.78 is 9.70. The average Bonchev–Trinajstić information content (AvgIpc) is 2.33. The first-order chi connectivity index (χ1) is 8.08. The Bertz CT molecular complexity index is 308. The van der Waals surface area contributed by atoms with E-state index in [0.717, 1.165) is 0 Å². The monoisotopic (exact) mass is 241 g/mol. The van der Waals surface area contributed by atoms with Gasteiger partial charge in [-0.15, -0.1) is 0 Å². The summed E-state index contributed by atoms with van der Waals surface area (Å²) in [5.74, 6) is -1.62. The van der Waals surface area contributed by atoms with Gasteiger partial charge in [0, 0.05) is 0 Å². The molecule has 0 N–H and O–H groups in total. The Morgan fingerprint density at radius 1 is 1.12 bits per heavy atom. The highest BCUT2D eigenvalue weighted by Crippen LogP contribution is 2.27. The fraction of sp³-hybridized carbons (Fsp3) is 0.750. The molecule has 0 saturated heterocycles. The molecule has 0 heterocycles. The van der Waals surface area contributed by atoms with Crippen LogP contribution in [0.1, 0.15) is 40.0 Å². The van der Waals surface area contributed by atoms with Crippen LogP contribution in [0.25, 0.3) is 0 Å². The first-order valence-corrected chi connectivity index (χ1v) is 5.84. The number of carbonyl (C=O) groups is 2. The molecule has 0 aliphatic rings. The lowest BCUT2D eigenvalue weighted by atomic mass is 9.85. The molecule has 1 atom stereocenters. The molecule has 96 valence electrons. The zero-order valence-electron chi connectivity index (χ0n) is 10.6. The summed E-state index contributed by atoms with van der Waals surface area (Å²) in [5.41, 5.74) is -1.81. The topological polar surface area (TPSA) is 76.4 Å². The lowest BCUT2D eigenvalue weighted by molar-refractivity contribution is -0.168. The lowest BCUT2D eigenvalue weighted by Gasteiger charge is -2.21. The van der Waals surface area contributed by atoms with Crippen LogP contribution in [-0.2, 0) is 19.1 Å². The van der Waals surface area contributed by atoms with Crippen molar-refractivity contribution in [2.45, 2.75) is 40.0 Å². The first kappa shape index (κ1) is 15.4. The van der Waals surface area contributed by atoms with E-state index in [1.807, 2.05) is 6.92 Å². The van der Waals surface area contributed by atoms with Crippen molar-refractivity contribution in [2.75, 3.05) is 13.2 Å². The molecule has 0 spiro atoms. The molecule has 0 bridgehead atoms. The number of hydrogen-bond donors (Lipinski definition) is 0. The molecule has 0 saturated carbocycles. The molecule has 0 aliphatic carbocycles. The van der Waals surface area contributed by atoms with Gasteiger partial charge in [0.25, 0.3) is 0 Å². The minimum absolute atomic E-state index is 0.116. The summed E-state index contributed by atoms with van der Waals surface area (Å²) in [6.45, 7) is 5.59. The summed E-state index contributed by atoms with van der Waals surface area (Å²) in [4.78, 5) is 23.6. The lowest BCUT2D eigenvalue weighted by Crippen LogP contribution is -2.41. The molecular formula is C12H19NO4. The Morgan fingerprint density at radius 3 is 2.12 bits per heavy atom. The fourth-order valence-electron chi connectivity index (χ4n) is 1.38. The first-order valence-electron chi connectivity index (χ1n) is 5.84. The van der Waals surface area contributed by atoms with E-state index >= 15 is 0 Å². The fourth-order valence-corrected chi connectivity index (χ4v) is 1.38. The van der Waals surface area contributed by atoms with Crippen molar-refractivity contribution in [3.8, 4) is 6.07 Å². The predicted molar refractivity (Wildman–Crippen MR) is 60.8 cm³/mol. The highest BCUT2D eigenvalue weighted by molar-refractivity contribution is 6.03. The second-order valence-electron chi connectivity index (χ2n) is 3.62. The maximum Gasteiger partial charge on any atom is 0.338 e. The van der Waals surface area contributed by atoms with Crippen LogP contribution in [-0.4, -0.2) is 25.2 Å². The number of ether oxygens (including phenoxy) is 2. The van der Waals surface area contributed by atoms with Crippen LogP contribution in [0.3, 0.4) is 0 Å². The number of esters is 2. The summed E-state index contributed by atoms with van der Waals surface area (Å²) in [6.07, 6.45) is 1.28. The molecular weight excluding hydrogens is 222 g/mol. The van der Waals surface area contributed by atoms with Crippen LogP contribution >= 0.6 is 0 Å². The SMILES string of the molecule is CCCOC(=O)C(C#N)(CCC)C(=O)OCC. The van der Waals surface area contributed by atoms with E-state index in [1.54, 1.807) is 19.9 Å². The van der Waals surface area contributed by atoms with Crippen LogP contribution in [0, 0.1) is 16.7 Å². The highest BCUT2D eigenvalue weighted by atomic mass is 16.6. The van der Waals surface area contributed by atoms with Crippen molar-refractivity contribution < 1.29 is 19.1 Å². The standard InChI is InChI=1S/C12H19NO4/c1-4-7-12(9-13,10(14)16-6-3)11(15)17-8-5-2/h4-8H2,1-3H3. The van der Waals surface area contributed by atoms with Crippen molar-refractivity contribution in [3.05, 3.63) is 0 Å². The van der Waals surface area contributed by atoms with E-state index in [-0.39, 0.29) is 19.6 Å². The van der Waals surface area contributed by atoms with Crippen molar-refractivity contribution in [1.29, 1.82) is 5.26 Å². The van der Waals surface area contributed by atoms with Gasteiger partial charge in [-0.25, -0.2) is 9.59 Å². The van der Waals surface area contributed by atoms with Crippen LogP contribution in [0.15, 0.2) is 0 Å². The van der Waals surface area contributed by atoms with Crippen LogP contribution in [0.2, 0.25) is 0 Å². The maximum atomic E-state index is 11.8. The third kappa shape index (κ3) is 3.74. The van der Waals surface area contributed by atoms with Gasteiger partial charge in [-0.1, -0.05) is 20.3 Å². The Balaban J connectivity index is 5.00. The van der Waals surface area contributed by atoms with E-state index in [0.29, 0.717) is 12.8 Å². The van der Waals surface area contributed by atoms with Crippen molar-refractivity contribution in [3.63, 3.8) is 0 Å². The largest absolute Gasteiger partial charge is 0.464 e. The molecule has 0 fully saturated rings. The van der Waals surface area contributed by atoms with E-state index in [9.17, 15) is 9.59 Å². The van der Waals surface area contributed by atoms with Crippen LogP contribution in [0.4, 0.5) is 0 Å². The second kappa shape index (κ2) is 7.66. The molecule has 17 heavy (non-hydrogen) atoms. The van der Waals surface area contributed by atoms with Gasteiger partial charge in [0.15, 0.2) is 0 Å². The van der Waals surface area contributed by atoms with Gasteiger partial charge in [-0.3, -0.25) is 0 Å². The highest BCUT2D eigenvalue weighted by Gasteiger charge is 2.49. The number of hydrogen-bond acceptors (Lipinski definition) is 5. The van der Waals surface area contributed by atoms with Gasteiger partial charge < -0.3 is 9.47 Å². The van der Waals surface area contributed by atoms with Crippen molar-refractivity contribution in [2.24, 2.45) is 5.41 Å². The van der Waals surface area contributed by atoms with E-state index < -0.39 is 17.4 Å². The van der Waals surface area contributed by atoms with E-state index in [4.69, 9.17) is 14.7 Å². The third-order valence-electron chi connectivity index (χ3n) is 2.23. The van der Waals surface area contributed by atoms with Crippen LogP contribution in [0.5, 0.6) is 0 Å². The van der Waals surface area contributed by atoms with Crippen molar-refractivity contribution >= 4 is 11.9 Å². The minimum Gasteiger partial charge on any atom is -0.464 e. The Morgan fingerprint density at radius 2 is 1.71 bits per heavy atom. The van der Waals surface area contributed by atoms with Gasteiger partial charge >= 0.3 is 11.9 Å². The summed E-state index contributed by atoms with van der Waals surface area (Å²) >= 11 is 0. The second-order valence-corrected chi connectivity index (χ2v) is 3.62. The molecule has 0 aliphatic heterocycles. The zero-order valence-corrected chi connectivity index (χ0v) is 10.6.